The van der Waals surface area contributed by atoms with Crippen LogP contribution in [0.15, 0.2) is 28.8 Å². The topological polar surface area (TPSA) is 94.0 Å². The van der Waals surface area contributed by atoms with Gasteiger partial charge in [0.15, 0.2) is 5.82 Å². The molecular formula is C11H12N4O2. The van der Waals surface area contributed by atoms with Crippen molar-refractivity contribution < 1.29 is 9.32 Å². The van der Waals surface area contributed by atoms with Crippen molar-refractivity contribution in [3.05, 3.63) is 41.5 Å². The number of nitrogen functional groups attached to an aromatic ring is 1. The van der Waals surface area contributed by atoms with E-state index in [1.54, 1.807) is 31.2 Å². The van der Waals surface area contributed by atoms with E-state index in [0.29, 0.717) is 23.0 Å². The van der Waals surface area contributed by atoms with Crippen LogP contribution in [0.2, 0.25) is 0 Å². The van der Waals surface area contributed by atoms with Crippen LogP contribution in [0.4, 0.5) is 5.69 Å². The molecule has 0 spiro atoms. The molecule has 1 aromatic heterocycles. The molecule has 17 heavy (non-hydrogen) atoms. The Hall–Kier alpha value is -2.37. The van der Waals surface area contributed by atoms with Crippen LogP contribution in [-0.2, 0) is 6.54 Å². The van der Waals surface area contributed by atoms with Crippen molar-refractivity contribution in [1.29, 1.82) is 0 Å². The Kier molecular flexibility index (Phi) is 3.04. The summed E-state index contributed by atoms with van der Waals surface area (Å²) in [6.07, 6.45) is 0. The van der Waals surface area contributed by atoms with E-state index in [0.717, 1.165) is 0 Å². The van der Waals surface area contributed by atoms with Gasteiger partial charge in [0, 0.05) is 11.3 Å². The molecule has 2 rings (SSSR count). The van der Waals surface area contributed by atoms with Gasteiger partial charge in [-0.1, -0.05) is 5.16 Å². The quantitative estimate of drug-likeness (QED) is 0.766. The zero-order valence-corrected chi connectivity index (χ0v) is 9.30. The van der Waals surface area contributed by atoms with Gasteiger partial charge in [-0.2, -0.15) is 4.98 Å². The third-order valence-electron chi connectivity index (χ3n) is 2.14. The van der Waals surface area contributed by atoms with Crippen LogP contribution < -0.4 is 11.1 Å². The highest BCUT2D eigenvalue weighted by molar-refractivity contribution is 5.94. The summed E-state index contributed by atoms with van der Waals surface area (Å²) in [5, 5.41) is 6.30. The molecule has 2 aromatic rings. The van der Waals surface area contributed by atoms with Gasteiger partial charge in [-0.15, -0.1) is 0 Å². The van der Waals surface area contributed by atoms with E-state index < -0.39 is 0 Å². The number of rotatable bonds is 3. The molecule has 88 valence electrons. The normalized spacial score (nSPS) is 10.2. The van der Waals surface area contributed by atoms with E-state index in [-0.39, 0.29) is 12.5 Å². The molecule has 1 heterocycles. The van der Waals surface area contributed by atoms with Crippen LogP contribution in [0, 0.1) is 6.92 Å². The monoisotopic (exact) mass is 232 g/mol. The Labute approximate surface area is 97.8 Å². The molecule has 6 nitrogen and oxygen atoms in total. The number of nitrogens with zero attached hydrogens (tertiary/aromatic N) is 2. The minimum absolute atomic E-state index is 0.208. The lowest BCUT2D eigenvalue weighted by atomic mass is 10.2. The van der Waals surface area contributed by atoms with Gasteiger partial charge in [-0.25, -0.2) is 0 Å². The maximum atomic E-state index is 11.7. The van der Waals surface area contributed by atoms with Gasteiger partial charge in [0.2, 0.25) is 5.89 Å². The second-order valence-corrected chi connectivity index (χ2v) is 3.54. The fourth-order valence-electron chi connectivity index (χ4n) is 1.30. The lowest BCUT2D eigenvalue weighted by Gasteiger charge is -2.02. The predicted molar refractivity (Wildman–Crippen MR) is 61.1 cm³/mol. The lowest BCUT2D eigenvalue weighted by Crippen LogP contribution is -2.22. The number of nitrogens with one attached hydrogen (secondary N) is 1. The molecule has 1 amide bonds. The molecule has 0 bridgehead atoms. The zero-order chi connectivity index (χ0) is 12.3. The summed E-state index contributed by atoms with van der Waals surface area (Å²) in [6, 6.07) is 6.66. The summed E-state index contributed by atoms with van der Waals surface area (Å²) in [4.78, 5) is 15.7. The van der Waals surface area contributed by atoms with Gasteiger partial charge in [0.1, 0.15) is 0 Å². The fraction of sp³-hybridized carbons (Fsp3) is 0.182. The number of carbonyl (C=O) groups is 1. The smallest absolute Gasteiger partial charge is 0.251 e. The minimum atomic E-state index is -0.208. The van der Waals surface area contributed by atoms with Crippen molar-refractivity contribution in [1.82, 2.24) is 15.5 Å². The van der Waals surface area contributed by atoms with Crippen molar-refractivity contribution in [3.8, 4) is 0 Å². The maximum absolute atomic E-state index is 11.7. The van der Waals surface area contributed by atoms with Crippen LogP contribution in [0.1, 0.15) is 22.1 Å². The number of anilines is 1. The summed E-state index contributed by atoms with van der Waals surface area (Å²) in [7, 11) is 0. The average molecular weight is 232 g/mol. The van der Waals surface area contributed by atoms with Crippen molar-refractivity contribution >= 4 is 11.6 Å². The molecule has 0 saturated carbocycles. The van der Waals surface area contributed by atoms with Gasteiger partial charge in [0.05, 0.1) is 6.54 Å². The number of hydrogen-bond donors (Lipinski definition) is 2. The van der Waals surface area contributed by atoms with Gasteiger partial charge < -0.3 is 15.6 Å². The molecule has 0 aliphatic heterocycles. The first-order valence-corrected chi connectivity index (χ1v) is 5.08. The van der Waals surface area contributed by atoms with E-state index in [4.69, 9.17) is 10.3 Å². The van der Waals surface area contributed by atoms with E-state index in [1.807, 2.05) is 0 Å². The SMILES string of the molecule is Cc1noc(CNC(=O)c2ccc(N)cc2)n1. The van der Waals surface area contributed by atoms with E-state index in [9.17, 15) is 4.79 Å². The molecule has 0 aliphatic carbocycles. The van der Waals surface area contributed by atoms with E-state index in [2.05, 4.69) is 15.5 Å². The van der Waals surface area contributed by atoms with Crippen molar-refractivity contribution in [2.45, 2.75) is 13.5 Å². The number of nitrogens with two attached hydrogens (primary N) is 1. The Morgan fingerprint density at radius 3 is 2.71 bits per heavy atom. The van der Waals surface area contributed by atoms with Gasteiger partial charge in [-0.05, 0) is 31.2 Å². The first-order valence-electron chi connectivity index (χ1n) is 5.08. The maximum Gasteiger partial charge on any atom is 0.251 e. The average Bonchev–Trinajstić information content (AvgIpc) is 2.73. The van der Waals surface area contributed by atoms with Crippen LogP contribution in [0.25, 0.3) is 0 Å². The number of benzene rings is 1. The fourth-order valence-corrected chi connectivity index (χ4v) is 1.30. The van der Waals surface area contributed by atoms with Crippen molar-refractivity contribution in [2.24, 2.45) is 0 Å². The summed E-state index contributed by atoms with van der Waals surface area (Å²) in [5.74, 6) is 0.717. The van der Waals surface area contributed by atoms with Crippen LogP contribution >= 0.6 is 0 Å². The Bertz CT molecular complexity index is 519. The molecule has 6 heteroatoms. The van der Waals surface area contributed by atoms with E-state index in [1.165, 1.54) is 0 Å². The predicted octanol–water partition coefficient (Wildman–Crippen LogP) is 0.890. The second-order valence-electron chi connectivity index (χ2n) is 3.54. The summed E-state index contributed by atoms with van der Waals surface area (Å²) in [6.45, 7) is 1.93. The molecular weight excluding hydrogens is 220 g/mol. The van der Waals surface area contributed by atoms with Crippen molar-refractivity contribution in [3.63, 3.8) is 0 Å². The third-order valence-corrected chi connectivity index (χ3v) is 2.14. The highest BCUT2D eigenvalue weighted by atomic mass is 16.5. The summed E-state index contributed by atoms with van der Waals surface area (Å²) < 4.78 is 4.87. The van der Waals surface area contributed by atoms with Gasteiger partial charge in [-0.3, -0.25) is 4.79 Å². The minimum Gasteiger partial charge on any atom is -0.399 e. The van der Waals surface area contributed by atoms with Crippen LogP contribution in [0.3, 0.4) is 0 Å². The van der Waals surface area contributed by atoms with Crippen LogP contribution in [0.5, 0.6) is 0 Å². The molecule has 0 saturated heterocycles. The largest absolute Gasteiger partial charge is 0.399 e. The van der Waals surface area contributed by atoms with E-state index >= 15 is 0 Å². The summed E-state index contributed by atoms with van der Waals surface area (Å²) >= 11 is 0. The number of aryl methyl sites for hydroxylation is 1. The number of hydrogen-bond acceptors (Lipinski definition) is 5. The molecule has 1 aromatic carbocycles. The molecule has 0 fully saturated rings. The number of amides is 1. The first-order chi connectivity index (χ1) is 8.15. The molecule has 0 radical (unpaired) electrons. The van der Waals surface area contributed by atoms with Crippen molar-refractivity contribution in [2.75, 3.05) is 5.73 Å². The number of carbonyl (C=O) groups excluding carboxylic acids is 1. The van der Waals surface area contributed by atoms with Gasteiger partial charge in [0.25, 0.3) is 5.91 Å². The molecule has 0 atom stereocenters. The Balaban J connectivity index is 1.95. The first kappa shape index (κ1) is 11.1. The third kappa shape index (κ3) is 2.81. The highest BCUT2D eigenvalue weighted by Gasteiger charge is 2.07. The Morgan fingerprint density at radius 2 is 2.12 bits per heavy atom. The molecule has 3 N–H and O–H groups in total. The molecule has 0 aliphatic rings. The molecule has 0 unspecified atom stereocenters. The van der Waals surface area contributed by atoms with Crippen LogP contribution in [-0.4, -0.2) is 16.0 Å². The highest BCUT2D eigenvalue weighted by Crippen LogP contribution is 2.05. The zero-order valence-electron chi connectivity index (χ0n) is 9.30. The Morgan fingerprint density at radius 1 is 1.41 bits per heavy atom. The number of aromatic nitrogens is 2. The lowest BCUT2D eigenvalue weighted by molar-refractivity contribution is 0.0946. The second kappa shape index (κ2) is 4.65. The summed E-state index contributed by atoms with van der Waals surface area (Å²) in [5.41, 5.74) is 6.69. The standard InChI is InChI=1S/C11H12N4O2/c1-7-14-10(17-15-7)6-13-11(16)8-2-4-9(12)5-3-8/h2-5H,6,12H2,1H3,(H,13,16). The van der Waals surface area contributed by atoms with Gasteiger partial charge >= 0.3 is 0 Å².